The number of aromatic nitrogens is 1. The molecule has 1 amide bonds. The number of anilines is 1. The van der Waals surface area contributed by atoms with Crippen molar-refractivity contribution >= 4 is 34.1 Å². The molecule has 140 valence electrons. The summed E-state index contributed by atoms with van der Waals surface area (Å²) >= 11 is 6.01. The Morgan fingerprint density at radius 3 is 2.93 bits per heavy atom. The van der Waals surface area contributed by atoms with Crippen LogP contribution in [0.15, 0.2) is 36.4 Å². The number of hydrogen-bond donors (Lipinski definition) is 2. The predicted molar refractivity (Wildman–Crippen MR) is 104 cm³/mol. The number of amides is 1. The molecule has 2 aromatic carbocycles. The van der Waals surface area contributed by atoms with E-state index < -0.39 is 0 Å². The van der Waals surface area contributed by atoms with Gasteiger partial charge in [-0.1, -0.05) is 11.6 Å². The van der Waals surface area contributed by atoms with Gasteiger partial charge in [0.2, 0.25) is 0 Å². The number of carbonyl (C=O) groups is 1. The largest absolute Gasteiger partial charge is 0.489 e. The van der Waals surface area contributed by atoms with E-state index in [9.17, 15) is 4.79 Å². The zero-order valence-corrected chi connectivity index (χ0v) is 15.6. The lowest BCUT2D eigenvalue weighted by Gasteiger charge is -2.15. The van der Waals surface area contributed by atoms with Crippen LogP contribution >= 0.6 is 11.6 Å². The highest BCUT2D eigenvalue weighted by Gasteiger charge is 2.18. The zero-order chi connectivity index (χ0) is 18.8. The van der Waals surface area contributed by atoms with Gasteiger partial charge in [-0.25, -0.2) is 0 Å². The summed E-state index contributed by atoms with van der Waals surface area (Å²) in [4.78, 5) is 15.8. The number of fused-ring (bicyclic) bond motifs is 2. The highest BCUT2D eigenvalue weighted by Crippen LogP contribution is 2.37. The summed E-state index contributed by atoms with van der Waals surface area (Å²) < 4.78 is 16.8. The molecule has 2 heterocycles. The summed E-state index contributed by atoms with van der Waals surface area (Å²) in [7, 11) is 1.62. The molecule has 0 saturated heterocycles. The van der Waals surface area contributed by atoms with Crippen LogP contribution in [0.4, 0.5) is 5.69 Å². The van der Waals surface area contributed by atoms with Gasteiger partial charge in [0, 0.05) is 46.8 Å². The molecule has 1 aliphatic rings. The molecule has 2 N–H and O–H groups in total. The Hall–Kier alpha value is -2.70. The molecular weight excluding hydrogens is 368 g/mol. The number of rotatable bonds is 4. The van der Waals surface area contributed by atoms with Gasteiger partial charge in [-0.3, -0.25) is 4.79 Å². The van der Waals surface area contributed by atoms with Gasteiger partial charge in [0.25, 0.3) is 5.91 Å². The van der Waals surface area contributed by atoms with Crippen molar-refractivity contribution in [3.63, 3.8) is 0 Å². The van der Waals surface area contributed by atoms with Gasteiger partial charge in [-0.2, -0.15) is 0 Å². The number of methoxy groups -OCH3 is 1. The lowest BCUT2D eigenvalue weighted by Crippen LogP contribution is -2.13. The van der Waals surface area contributed by atoms with Crippen LogP contribution in [0.3, 0.4) is 0 Å². The average molecular weight is 387 g/mol. The summed E-state index contributed by atoms with van der Waals surface area (Å²) in [5.41, 5.74) is 2.75. The lowest BCUT2D eigenvalue weighted by atomic mass is 10.1. The van der Waals surface area contributed by atoms with E-state index in [1.807, 2.05) is 18.2 Å². The van der Waals surface area contributed by atoms with E-state index in [4.69, 9.17) is 25.8 Å². The van der Waals surface area contributed by atoms with E-state index >= 15 is 0 Å². The Morgan fingerprint density at radius 1 is 1.22 bits per heavy atom. The van der Waals surface area contributed by atoms with E-state index in [0.29, 0.717) is 47.7 Å². The Balaban J connectivity index is 1.63. The van der Waals surface area contributed by atoms with Gasteiger partial charge in [0.15, 0.2) is 11.5 Å². The first kappa shape index (κ1) is 17.7. The van der Waals surface area contributed by atoms with Crippen LogP contribution in [-0.2, 0) is 11.3 Å². The molecule has 6 nitrogen and oxygen atoms in total. The molecule has 0 spiro atoms. The molecule has 0 unspecified atom stereocenters. The van der Waals surface area contributed by atoms with Crippen LogP contribution in [0.2, 0.25) is 5.02 Å². The SMILES string of the molecule is COCc1cc(NC(=O)c2cc3cc(Cl)ccc3[nH]2)cc2c1OCCCO2. The number of hydrogen-bond acceptors (Lipinski definition) is 4. The van der Waals surface area contributed by atoms with E-state index in [2.05, 4.69) is 10.3 Å². The van der Waals surface area contributed by atoms with Crippen LogP contribution in [0.1, 0.15) is 22.5 Å². The van der Waals surface area contributed by atoms with Crippen LogP contribution < -0.4 is 14.8 Å². The first-order chi connectivity index (χ1) is 13.1. The summed E-state index contributed by atoms with van der Waals surface area (Å²) in [5, 5.41) is 4.42. The molecular formula is C20H19ClN2O4. The van der Waals surface area contributed by atoms with Crippen LogP contribution in [0, 0.1) is 0 Å². The number of ether oxygens (including phenoxy) is 3. The number of halogens is 1. The summed E-state index contributed by atoms with van der Waals surface area (Å²) in [6, 6.07) is 10.8. The maximum Gasteiger partial charge on any atom is 0.272 e. The van der Waals surface area contributed by atoms with Crippen molar-refractivity contribution in [3.05, 3.63) is 52.7 Å². The minimum Gasteiger partial charge on any atom is -0.489 e. The van der Waals surface area contributed by atoms with E-state index in [-0.39, 0.29) is 5.91 Å². The van der Waals surface area contributed by atoms with Crippen LogP contribution in [-0.4, -0.2) is 31.2 Å². The summed E-state index contributed by atoms with van der Waals surface area (Å²) in [5.74, 6) is 1.04. The molecule has 0 bridgehead atoms. The van der Waals surface area contributed by atoms with Crippen molar-refractivity contribution < 1.29 is 19.0 Å². The smallest absolute Gasteiger partial charge is 0.272 e. The molecule has 1 aromatic heterocycles. The first-order valence-electron chi connectivity index (χ1n) is 8.65. The molecule has 0 aliphatic carbocycles. The molecule has 4 rings (SSSR count). The first-order valence-corrected chi connectivity index (χ1v) is 9.03. The molecule has 3 aromatic rings. The maximum atomic E-state index is 12.7. The number of benzene rings is 2. The molecule has 0 saturated carbocycles. The highest BCUT2D eigenvalue weighted by molar-refractivity contribution is 6.31. The summed E-state index contributed by atoms with van der Waals surface area (Å²) in [6.07, 6.45) is 0.806. The van der Waals surface area contributed by atoms with Crippen LogP contribution in [0.25, 0.3) is 10.9 Å². The Bertz CT molecular complexity index is 999. The molecule has 0 atom stereocenters. The Morgan fingerprint density at radius 2 is 2.07 bits per heavy atom. The van der Waals surface area contributed by atoms with Crippen molar-refractivity contribution in [1.82, 2.24) is 4.98 Å². The fourth-order valence-electron chi connectivity index (χ4n) is 3.11. The number of nitrogens with one attached hydrogen (secondary N) is 2. The highest BCUT2D eigenvalue weighted by atomic mass is 35.5. The van der Waals surface area contributed by atoms with Gasteiger partial charge >= 0.3 is 0 Å². The molecule has 27 heavy (non-hydrogen) atoms. The molecule has 1 aliphatic heterocycles. The van der Waals surface area contributed by atoms with Crippen LogP contribution in [0.5, 0.6) is 11.5 Å². The van der Waals surface area contributed by atoms with Gasteiger partial charge < -0.3 is 24.5 Å². The summed E-state index contributed by atoms with van der Waals surface area (Å²) in [6.45, 7) is 1.52. The second-order valence-electron chi connectivity index (χ2n) is 6.31. The van der Waals surface area contributed by atoms with Crippen molar-refractivity contribution in [2.45, 2.75) is 13.0 Å². The maximum absolute atomic E-state index is 12.7. The lowest BCUT2D eigenvalue weighted by molar-refractivity contribution is 0.102. The second-order valence-corrected chi connectivity index (χ2v) is 6.75. The van der Waals surface area contributed by atoms with Gasteiger partial charge in [-0.05, 0) is 30.3 Å². The van der Waals surface area contributed by atoms with Crippen molar-refractivity contribution in [1.29, 1.82) is 0 Å². The quantitative estimate of drug-likeness (QED) is 0.697. The molecule has 0 fully saturated rings. The van der Waals surface area contributed by atoms with Crippen molar-refractivity contribution in [2.24, 2.45) is 0 Å². The third kappa shape index (κ3) is 3.72. The Labute approximate surface area is 161 Å². The van der Waals surface area contributed by atoms with Crippen molar-refractivity contribution in [3.8, 4) is 11.5 Å². The molecule has 0 radical (unpaired) electrons. The van der Waals surface area contributed by atoms with Gasteiger partial charge in [-0.15, -0.1) is 0 Å². The minimum absolute atomic E-state index is 0.250. The van der Waals surface area contributed by atoms with Crippen molar-refractivity contribution in [2.75, 3.05) is 25.6 Å². The second kappa shape index (κ2) is 7.50. The number of aromatic amines is 1. The fraction of sp³-hybridized carbons (Fsp3) is 0.250. The average Bonchev–Trinajstić information content (AvgIpc) is 2.92. The van der Waals surface area contributed by atoms with Gasteiger partial charge in [0.1, 0.15) is 5.69 Å². The third-order valence-corrected chi connectivity index (χ3v) is 4.54. The van der Waals surface area contributed by atoms with E-state index in [0.717, 1.165) is 22.9 Å². The number of carbonyl (C=O) groups excluding carboxylic acids is 1. The normalized spacial score (nSPS) is 13.4. The minimum atomic E-state index is -0.250. The monoisotopic (exact) mass is 386 g/mol. The zero-order valence-electron chi connectivity index (χ0n) is 14.8. The predicted octanol–water partition coefficient (Wildman–Crippen LogP) is 4.38. The standard InChI is InChI=1S/C20H19ClN2O4/c1-25-11-13-8-15(10-18-19(13)27-6-2-5-26-18)22-20(24)17-9-12-7-14(21)3-4-16(12)23-17/h3-4,7-10,23H,2,5-6,11H2,1H3,(H,22,24). The fourth-order valence-corrected chi connectivity index (χ4v) is 3.29. The number of H-pyrrole nitrogens is 1. The Kier molecular flexibility index (Phi) is 4.92. The topological polar surface area (TPSA) is 72.6 Å². The third-order valence-electron chi connectivity index (χ3n) is 4.31. The van der Waals surface area contributed by atoms with E-state index in [1.54, 1.807) is 25.3 Å². The van der Waals surface area contributed by atoms with Gasteiger partial charge in [0.05, 0.1) is 19.8 Å². The molecule has 7 heteroatoms. The van der Waals surface area contributed by atoms with E-state index in [1.165, 1.54) is 0 Å².